The Balaban J connectivity index is 1.97. The number of hydrogen-bond donors (Lipinski definition) is 3. The van der Waals surface area contributed by atoms with E-state index in [4.69, 9.17) is 0 Å². The number of amides is 1. The second-order valence-corrected chi connectivity index (χ2v) is 8.14. The van der Waals surface area contributed by atoms with Crippen LogP contribution in [-0.2, 0) is 23.5 Å². The number of carbonyl (C=O) groups is 1. The summed E-state index contributed by atoms with van der Waals surface area (Å²) in [5.74, 6) is -1.80. The Labute approximate surface area is 159 Å². The minimum absolute atomic E-state index is 0.0421. The van der Waals surface area contributed by atoms with Gasteiger partial charge in [-0.15, -0.1) is 0 Å². The van der Waals surface area contributed by atoms with Crippen molar-refractivity contribution in [1.82, 2.24) is 9.29 Å². The molecule has 0 aliphatic carbocycles. The number of halogens is 3. The number of hydrogen-bond acceptors (Lipinski definition) is 4. The molecule has 11 heteroatoms. The molecule has 1 atom stereocenters. The predicted molar refractivity (Wildman–Crippen MR) is 94.2 cm³/mol. The predicted octanol–water partition coefficient (Wildman–Crippen LogP) is 1.94. The molecule has 0 saturated carbocycles. The van der Waals surface area contributed by atoms with Crippen molar-refractivity contribution in [2.75, 3.05) is 11.9 Å². The molecule has 1 aromatic heterocycles. The number of alkyl halides is 2. The number of sulfonamides is 1. The highest BCUT2D eigenvalue weighted by Gasteiger charge is 2.32. The zero-order chi connectivity index (χ0) is 20.6. The zero-order valence-electron chi connectivity index (χ0n) is 14.7. The van der Waals surface area contributed by atoms with Crippen LogP contribution in [-0.4, -0.2) is 36.6 Å². The number of aliphatic hydroxyl groups is 1. The van der Waals surface area contributed by atoms with Gasteiger partial charge in [-0.1, -0.05) is 0 Å². The van der Waals surface area contributed by atoms with E-state index in [0.29, 0.717) is 0 Å². The molecule has 1 amide bonds. The van der Waals surface area contributed by atoms with Gasteiger partial charge in [-0.3, -0.25) is 4.79 Å². The molecule has 1 aliphatic heterocycles. The van der Waals surface area contributed by atoms with Gasteiger partial charge < -0.3 is 15.0 Å². The van der Waals surface area contributed by atoms with Gasteiger partial charge in [0.05, 0.1) is 12.2 Å². The average Bonchev–Trinajstić information content (AvgIpc) is 2.91. The molecule has 7 nitrogen and oxygen atoms in total. The average molecular weight is 417 g/mol. The Bertz CT molecular complexity index is 1020. The van der Waals surface area contributed by atoms with E-state index in [2.05, 4.69) is 10.0 Å². The fraction of sp³-hybridized carbons (Fsp3) is 0.353. The Hall–Kier alpha value is -2.37. The van der Waals surface area contributed by atoms with E-state index in [-0.39, 0.29) is 41.3 Å². The third-order valence-corrected chi connectivity index (χ3v) is 6.10. The van der Waals surface area contributed by atoms with Crippen LogP contribution in [0, 0.1) is 5.82 Å². The second-order valence-electron chi connectivity index (χ2n) is 6.46. The summed E-state index contributed by atoms with van der Waals surface area (Å²) in [5, 5.41) is 11.7. The van der Waals surface area contributed by atoms with Crippen LogP contribution >= 0.6 is 0 Å². The molecule has 1 unspecified atom stereocenters. The Morgan fingerprint density at radius 3 is 2.79 bits per heavy atom. The fourth-order valence-corrected chi connectivity index (χ4v) is 4.76. The van der Waals surface area contributed by atoms with Crippen LogP contribution in [0.3, 0.4) is 0 Å². The zero-order valence-corrected chi connectivity index (χ0v) is 15.6. The van der Waals surface area contributed by atoms with Gasteiger partial charge in [0.2, 0.25) is 10.0 Å². The van der Waals surface area contributed by atoms with Crippen molar-refractivity contribution in [3.8, 4) is 0 Å². The van der Waals surface area contributed by atoms with Gasteiger partial charge in [-0.25, -0.2) is 26.3 Å². The summed E-state index contributed by atoms with van der Waals surface area (Å²) >= 11 is 0. The lowest BCUT2D eigenvalue weighted by Crippen LogP contribution is -2.36. The first-order valence-corrected chi connectivity index (χ1v) is 9.82. The van der Waals surface area contributed by atoms with Crippen LogP contribution in [0.15, 0.2) is 29.3 Å². The number of aryl methyl sites for hydroxylation is 1. The van der Waals surface area contributed by atoms with E-state index < -0.39 is 39.8 Å². The largest absolute Gasteiger partial charge is 0.395 e. The summed E-state index contributed by atoms with van der Waals surface area (Å²) in [6.07, 6.45) is -1.28. The Morgan fingerprint density at radius 2 is 2.14 bits per heavy atom. The summed E-state index contributed by atoms with van der Waals surface area (Å²) in [4.78, 5) is 12.7. The second kappa shape index (κ2) is 7.57. The van der Waals surface area contributed by atoms with Crippen LogP contribution < -0.4 is 10.0 Å². The number of benzene rings is 1. The molecule has 0 fully saturated rings. The molecule has 152 valence electrons. The number of aromatic nitrogens is 1. The van der Waals surface area contributed by atoms with Crippen LogP contribution in [0.25, 0.3) is 0 Å². The lowest BCUT2D eigenvalue weighted by Gasteiger charge is -2.12. The Morgan fingerprint density at radius 1 is 1.43 bits per heavy atom. The summed E-state index contributed by atoms with van der Waals surface area (Å²) in [6.45, 7) is -0.386. The van der Waals surface area contributed by atoms with Gasteiger partial charge in [0.1, 0.15) is 16.4 Å². The summed E-state index contributed by atoms with van der Waals surface area (Å²) in [5.41, 5.74) is -0.581. The van der Waals surface area contributed by atoms with E-state index >= 15 is 0 Å². The lowest BCUT2D eigenvalue weighted by molar-refractivity contribution is 0.101. The van der Waals surface area contributed by atoms with E-state index in [1.54, 1.807) is 0 Å². The van der Waals surface area contributed by atoms with Crippen molar-refractivity contribution >= 4 is 21.6 Å². The number of rotatable bonds is 4. The number of carbonyl (C=O) groups excluding carboxylic acids is 1. The SMILES string of the molecule is Cn1cc2c(c1C(=O)Nc1ccc(F)c(C(F)F)c1)CCC(CO)NS2(=O)=O. The third kappa shape index (κ3) is 3.77. The monoisotopic (exact) mass is 417 g/mol. The van der Waals surface area contributed by atoms with E-state index in [0.717, 1.165) is 18.2 Å². The topological polar surface area (TPSA) is 100 Å². The van der Waals surface area contributed by atoms with Gasteiger partial charge in [0.25, 0.3) is 12.3 Å². The van der Waals surface area contributed by atoms with E-state index in [1.807, 2.05) is 0 Å². The molecule has 1 aromatic carbocycles. The molecule has 2 aromatic rings. The first-order chi connectivity index (χ1) is 13.1. The number of nitrogens with one attached hydrogen (secondary N) is 2. The first-order valence-electron chi connectivity index (χ1n) is 8.34. The maximum atomic E-state index is 13.4. The van der Waals surface area contributed by atoms with E-state index in [9.17, 15) is 31.5 Å². The van der Waals surface area contributed by atoms with Gasteiger partial charge >= 0.3 is 0 Å². The summed E-state index contributed by atoms with van der Waals surface area (Å²) < 4.78 is 67.8. The molecule has 0 bridgehead atoms. The highest BCUT2D eigenvalue weighted by molar-refractivity contribution is 7.89. The van der Waals surface area contributed by atoms with Gasteiger partial charge in [-0.05, 0) is 31.0 Å². The Kier molecular flexibility index (Phi) is 5.50. The third-order valence-electron chi connectivity index (χ3n) is 4.53. The van der Waals surface area contributed by atoms with Gasteiger partial charge in [0, 0.05) is 30.5 Å². The minimum atomic E-state index is -3.93. The normalized spacial score (nSPS) is 18.6. The molecule has 3 rings (SSSR count). The minimum Gasteiger partial charge on any atom is -0.395 e. The molecular weight excluding hydrogens is 399 g/mol. The van der Waals surface area contributed by atoms with Crippen molar-refractivity contribution < 1.29 is 31.5 Å². The molecule has 2 heterocycles. The van der Waals surface area contributed by atoms with Gasteiger partial charge in [-0.2, -0.15) is 0 Å². The van der Waals surface area contributed by atoms with Crippen molar-refractivity contribution in [2.24, 2.45) is 7.05 Å². The van der Waals surface area contributed by atoms with Crippen molar-refractivity contribution in [1.29, 1.82) is 0 Å². The van der Waals surface area contributed by atoms with Crippen LogP contribution in [0.1, 0.15) is 34.5 Å². The molecule has 0 spiro atoms. The smallest absolute Gasteiger partial charge is 0.272 e. The first kappa shape index (κ1) is 20.4. The van der Waals surface area contributed by atoms with Crippen LogP contribution in [0.2, 0.25) is 0 Å². The number of anilines is 1. The van der Waals surface area contributed by atoms with Crippen LogP contribution in [0.4, 0.5) is 18.9 Å². The van der Waals surface area contributed by atoms with Crippen molar-refractivity contribution in [2.45, 2.75) is 30.2 Å². The standard InChI is InChI=1S/C17H18F3N3O4S/c1-23-7-14-11(4-2-10(8-24)22-28(14,26)27)15(23)17(25)21-9-3-5-13(18)12(6-9)16(19)20/h3,5-7,10,16,22,24H,2,4,8H2,1H3,(H,21,25). The highest BCUT2D eigenvalue weighted by Crippen LogP contribution is 2.29. The maximum absolute atomic E-state index is 13.4. The fourth-order valence-electron chi connectivity index (χ4n) is 3.19. The van der Waals surface area contributed by atoms with E-state index in [1.165, 1.54) is 17.8 Å². The van der Waals surface area contributed by atoms with Crippen LogP contribution in [0.5, 0.6) is 0 Å². The molecule has 3 N–H and O–H groups in total. The highest BCUT2D eigenvalue weighted by atomic mass is 32.2. The number of nitrogens with zero attached hydrogens (tertiary/aromatic N) is 1. The van der Waals surface area contributed by atoms with Crippen molar-refractivity contribution in [3.63, 3.8) is 0 Å². The molecule has 0 radical (unpaired) electrons. The summed E-state index contributed by atoms with van der Waals surface area (Å²) in [6, 6.07) is 2.12. The lowest BCUT2D eigenvalue weighted by atomic mass is 10.1. The maximum Gasteiger partial charge on any atom is 0.272 e. The number of fused-ring (bicyclic) bond motifs is 1. The quantitative estimate of drug-likeness (QED) is 0.708. The number of aliphatic hydroxyl groups excluding tert-OH is 1. The molecular formula is C17H18F3N3O4S. The van der Waals surface area contributed by atoms with Gasteiger partial charge in [0.15, 0.2) is 0 Å². The van der Waals surface area contributed by atoms with Crippen molar-refractivity contribution in [3.05, 3.63) is 47.0 Å². The molecule has 28 heavy (non-hydrogen) atoms. The summed E-state index contributed by atoms with van der Waals surface area (Å²) in [7, 11) is -2.45. The molecule has 0 saturated heterocycles. The molecule has 1 aliphatic rings.